The maximum absolute atomic E-state index is 11.6. The van der Waals surface area contributed by atoms with Crippen LogP contribution in [0.25, 0.3) is 0 Å². The number of hydrogen-bond donors (Lipinski definition) is 2. The maximum atomic E-state index is 11.6. The summed E-state index contributed by atoms with van der Waals surface area (Å²) in [5, 5.41) is 17.2. The summed E-state index contributed by atoms with van der Waals surface area (Å²) in [7, 11) is 0. The second-order valence-corrected chi connectivity index (χ2v) is 3.86. The van der Waals surface area contributed by atoms with E-state index in [1.165, 1.54) is 0 Å². The molecular formula is C11H13NO7. The number of esters is 1. The third-order valence-corrected chi connectivity index (χ3v) is 2.56. The average Bonchev–Trinajstić information content (AvgIpc) is 2.82. The number of carboxylic acids is 2. The molecule has 0 aromatic rings. The fraction of sp³-hybridized carbons (Fsp3) is 0.455. The Balaban J connectivity index is 2.45. The third-order valence-electron chi connectivity index (χ3n) is 2.56. The Morgan fingerprint density at radius 3 is 2.47 bits per heavy atom. The van der Waals surface area contributed by atoms with Gasteiger partial charge in [0.2, 0.25) is 0 Å². The Morgan fingerprint density at radius 1 is 1.21 bits per heavy atom. The zero-order chi connectivity index (χ0) is 14.4. The van der Waals surface area contributed by atoms with Gasteiger partial charge in [-0.25, -0.2) is 14.4 Å². The Hall–Kier alpha value is -2.38. The zero-order valence-corrected chi connectivity index (χ0v) is 9.94. The van der Waals surface area contributed by atoms with Crippen LogP contribution in [0, 0.1) is 0 Å². The lowest BCUT2D eigenvalue weighted by Gasteiger charge is -2.20. The molecule has 1 amide bonds. The lowest BCUT2D eigenvalue weighted by molar-refractivity contribution is -0.153. The lowest BCUT2D eigenvalue weighted by Crippen LogP contribution is -2.42. The van der Waals surface area contributed by atoms with Crippen molar-refractivity contribution in [2.75, 3.05) is 13.2 Å². The first-order valence-electron chi connectivity index (χ1n) is 5.52. The minimum atomic E-state index is -1.31. The van der Waals surface area contributed by atoms with E-state index < -0.39 is 36.5 Å². The SMILES string of the molecule is O=C(O)C=CC(=O)OCC(=O)N1CCC[C@H]1C(=O)O. The Bertz CT molecular complexity index is 429. The van der Waals surface area contributed by atoms with Gasteiger partial charge in [0.05, 0.1) is 0 Å². The van der Waals surface area contributed by atoms with Crippen LogP contribution in [0.15, 0.2) is 12.2 Å². The van der Waals surface area contributed by atoms with Crippen LogP contribution in [0.2, 0.25) is 0 Å². The van der Waals surface area contributed by atoms with Gasteiger partial charge in [0.1, 0.15) is 6.04 Å². The Kier molecular flexibility index (Phi) is 5.04. The number of rotatable bonds is 5. The second kappa shape index (κ2) is 6.53. The van der Waals surface area contributed by atoms with Gasteiger partial charge in [0, 0.05) is 18.7 Å². The zero-order valence-electron chi connectivity index (χ0n) is 9.94. The summed E-state index contributed by atoms with van der Waals surface area (Å²) >= 11 is 0. The van der Waals surface area contributed by atoms with Crippen molar-refractivity contribution in [3.8, 4) is 0 Å². The molecule has 0 unspecified atom stereocenters. The van der Waals surface area contributed by atoms with Crippen LogP contribution in [0.5, 0.6) is 0 Å². The maximum Gasteiger partial charge on any atom is 0.331 e. The quantitative estimate of drug-likeness (QED) is 0.498. The Morgan fingerprint density at radius 2 is 1.89 bits per heavy atom. The van der Waals surface area contributed by atoms with Crippen LogP contribution in [0.3, 0.4) is 0 Å². The Labute approximate surface area is 108 Å². The number of likely N-dealkylation sites (tertiary alicyclic amines) is 1. The molecule has 0 aliphatic carbocycles. The van der Waals surface area contributed by atoms with Gasteiger partial charge >= 0.3 is 17.9 Å². The van der Waals surface area contributed by atoms with Crippen molar-refractivity contribution in [1.29, 1.82) is 0 Å². The number of carbonyl (C=O) groups excluding carboxylic acids is 2. The molecular weight excluding hydrogens is 258 g/mol. The van der Waals surface area contributed by atoms with Crippen LogP contribution in [-0.2, 0) is 23.9 Å². The predicted molar refractivity (Wildman–Crippen MR) is 60.1 cm³/mol. The molecule has 1 aliphatic heterocycles. The van der Waals surface area contributed by atoms with Gasteiger partial charge < -0.3 is 19.8 Å². The summed E-state index contributed by atoms with van der Waals surface area (Å²) in [4.78, 5) is 44.8. The van der Waals surface area contributed by atoms with Crippen LogP contribution in [0.1, 0.15) is 12.8 Å². The van der Waals surface area contributed by atoms with Crippen molar-refractivity contribution < 1.29 is 34.1 Å². The van der Waals surface area contributed by atoms with E-state index in [2.05, 4.69) is 4.74 Å². The first kappa shape index (κ1) is 14.7. The van der Waals surface area contributed by atoms with Crippen molar-refractivity contribution in [3.63, 3.8) is 0 Å². The summed E-state index contributed by atoms with van der Waals surface area (Å²) in [6, 6.07) is -0.888. The standard InChI is InChI=1S/C11H13NO7/c13-8(6-19-10(16)4-3-9(14)15)12-5-1-2-7(12)11(17)18/h3-4,7H,1-2,5-6H2,(H,14,15)(H,17,18)/t7-/m0/s1. The van der Waals surface area contributed by atoms with Crippen LogP contribution in [0.4, 0.5) is 0 Å². The molecule has 1 fully saturated rings. The van der Waals surface area contributed by atoms with E-state index in [-0.39, 0.29) is 0 Å². The minimum Gasteiger partial charge on any atom is -0.480 e. The highest BCUT2D eigenvalue weighted by molar-refractivity contribution is 5.92. The van der Waals surface area contributed by atoms with E-state index in [4.69, 9.17) is 10.2 Å². The van der Waals surface area contributed by atoms with Crippen molar-refractivity contribution in [2.24, 2.45) is 0 Å². The molecule has 0 aromatic heterocycles. The van der Waals surface area contributed by atoms with Gasteiger partial charge in [-0.05, 0) is 12.8 Å². The molecule has 1 heterocycles. The monoisotopic (exact) mass is 271 g/mol. The molecule has 19 heavy (non-hydrogen) atoms. The number of amides is 1. The van der Waals surface area contributed by atoms with E-state index >= 15 is 0 Å². The number of nitrogens with zero attached hydrogens (tertiary/aromatic N) is 1. The molecule has 8 heteroatoms. The summed E-state index contributed by atoms with van der Waals surface area (Å²) in [5.74, 6) is -3.99. The summed E-state index contributed by atoms with van der Waals surface area (Å²) in [6.45, 7) is -0.301. The summed E-state index contributed by atoms with van der Waals surface area (Å²) in [6.07, 6.45) is 2.21. The van der Waals surface area contributed by atoms with Gasteiger partial charge in [-0.2, -0.15) is 0 Å². The minimum absolute atomic E-state index is 0.304. The van der Waals surface area contributed by atoms with Gasteiger partial charge in [-0.15, -0.1) is 0 Å². The number of ether oxygens (including phenoxy) is 1. The molecule has 2 N–H and O–H groups in total. The van der Waals surface area contributed by atoms with E-state index in [0.717, 1.165) is 4.90 Å². The highest BCUT2D eigenvalue weighted by atomic mass is 16.5. The fourth-order valence-corrected chi connectivity index (χ4v) is 1.73. The smallest absolute Gasteiger partial charge is 0.331 e. The van der Waals surface area contributed by atoms with Crippen molar-refractivity contribution in [1.82, 2.24) is 4.90 Å². The molecule has 1 rings (SSSR count). The number of hydrogen-bond acceptors (Lipinski definition) is 5. The van der Waals surface area contributed by atoms with Gasteiger partial charge in [0.25, 0.3) is 5.91 Å². The van der Waals surface area contributed by atoms with E-state index in [9.17, 15) is 19.2 Å². The van der Waals surface area contributed by atoms with Crippen molar-refractivity contribution in [2.45, 2.75) is 18.9 Å². The third kappa shape index (κ3) is 4.41. The number of carboxylic acid groups (broad SMARTS) is 2. The predicted octanol–water partition coefficient (Wildman–Crippen LogP) is -0.754. The summed E-state index contributed by atoms with van der Waals surface area (Å²) < 4.78 is 4.52. The molecule has 0 spiro atoms. The van der Waals surface area contributed by atoms with Crippen molar-refractivity contribution in [3.05, 3.63) is 12.2 Å². The molecule has 104 valence electrons. The van der Waals surface area contributed by atoms with Gasteiger partial charge in [-0.3, -0.25) is 4.79 Å². The van der Waals surface area contributed by atoms with E-state index in [0.29, 0.717) is 31.5 Å². The number of carbonyl (C=O) groups is 4. The van der Waals surface area contributed by atoms with Crippen LogP contribution >= 0.6 is 0 Å². The lowest BCUT2D eigenvalue weighted by atomic mass is 10.2. The number of aliphatic carboxylic acids is 2. The van der Waals surface area contributed by atoms with Gasteiger partial charge in [0.15, 0.2) is 6.61 Å². The van der Waals surface area contributed by atoms with Crippen LogP contribution < -0.4 is 0 Å². The molecule has 0 aromatic carbocycles. The van der Waals surface area contributed by atoms with E-state index in [1.54, 1.807) is 0 Å². The second-order valence-electron chi connectivity index (χ2n) is 3.86. The van der Waals surface area contributed by atoms with Gasteiger partial charge in [-0.1, -0.05) is 0 Å². The first-order chi connectivity index (χ1) is 8.91. The first-order valence-corrected chi connectivity index (χ1v) is 5.52. The molecule has 8 nitrogen and oxygen atoms in total. The highest BCUT2D eigenvalue weighted by Crippen LogP contribution is 2.17. The van der Waals surface area contributed by atoms with E-state index in [1.807, 2.05) is 0 Å². The normalized spacial score (nSPS) is 18.5. The largest absolute Gasteiger partial charge is 0.480 e. The molecule has 0 radical (unpaired) electrons. The average molecular weight is 271 g/mol. The van der Waals surface area contributed by atoms with Crippen LogP contribution in [-0.4, -0.2) is 58.1 Å². The highest BCUT2D eigenvalue weighted by Gasteiger charge is 2.34. The summed E-state index contributed by atoms with van der Waals surface area (Å²) in [5.41, 5.74) is 0. The topological polar surface area (TPSA) is 121 Å². The molecule has 0 bridgehead atoms. The molecule has 0 saturated carbocycles. The molecule has 1 atom stereocenters. The fourth-order valence-electron chi connectivity index (χ4n) is 1.73. The molecule has 1 aliphatic rings. The van der Waals surface area contributed by atoms with Crippen molar-refractivity contribution >= 4 is 23.8 Å². The molecule has 1 saturated heterocycles.